The van der Waals surface area contributed by atoms with Crippen LogP contribution in [0.2, 0.25) is 0 Å². The Kier molecular flexibility index (Phi) is 3.33. The highest BCUT2D eigenvalue weighted by Gasteiger charge is 2.30. The van der Waals surface area contributed by atoms with Crippen molar-refractivity contribution in [2.45, 2.75) is 25.9 Å². The molecule has 0 aliphatic carbocycles. The van der Waals surface area contributed by atoms with Crippen LogP contribution < -0.4 is 11.1 Å². The van der Waals surface area contributed by atoms with Gasteiger partial charge in [-0.1, -0.05) is 24.3 Å². The third kappa shape index (κ3) is 2.58. The molecule has 2 atom stereocenters. The van der Waals surface area contributed by atoms with E-state index in [1.165, 1.54) is 11.1 Å². The molecule has 0 saturated carbocycles. The Bertz CT molecular complexity index is 417. The summed E-state index contributed by atoms with van der Waals surface area (Å²) < 4.78 is 0. The van der Waals surface area contributed by atoms with Crippen LogP contribution in [0.4, 0.5) is 4.79 Å². The van der Waals surface area contributed by atoms with Crippen molar-refractivity contribution in [3.63, 3.8) is 0 Å². The second kappa shape index (κ2) is 4.75. The summed E-state index contributed by atoms with van der Waals surface area (Å²) in [6.07, 6.45) is 0. The number of nitrogens with two attached hydrogens (primary N) is 1. The second-order valence-electron chi connectivity index (χ2n) is 4.74. The minimum Gasteiger partial charge on any atom is -0.329 e. The molecule has 0 aromatic heterocycles. The van der Waals surface area contributed by atoms with Crippen LogP contribution in [0.15, 0.2) is 24.3 Å². The van der Waals surface area contributed by atoms with E-state index < -0.39 is 0 Å². The Morgan fingerprint density at radius 3 is 2.88 bits per heavy atom. The van der Waals surface area contributed by atoms with Crippen LogP contribution in [0.5, 0.6) is 0 Å². The van der Waals surface area contributed by atoms with Crippen LogP contribution in [-0.4, -0.2) is 30.1 Å². The molecule has 0 spiro atoms. The molecule has 0 bridgehead atoms. The van der Waals surface area contributed by atoms with E-state index in [-0.39, 0.29) is 18.1 Å². The molecule has 1 aromatic rings. The Hall–Kier alpha value is -1.55. The fraction of sp³-hybridized carbons (Fsp3) is 0.462. The Labute approximate surface area is 102 Å². The average Bonchev–Trinajstić information content (AvgIpc) is 2.60. The van der Waals surface area contributed by atoms with Crippen molar-refractivity contribution in [2.75, 3.05) is 13.1 Å². The van der Waals surface area contributed by atoms with E-state index in [1.807, 2.05) is 19.1 Å². The summed E-state index contributed by atoms with van der Waals surface area (Å²) in [6, 6.07) is 8.22. The predicted molar refractivity (Wildman–Crippen MR) is 67.7 cm³/mol. The topological polar surface area (TPSA) is 58.4 Å². The molecule has 2 amide bonds. The van der Waals surface area contributed by atoms with Gasteiger partial charge in [-0.2, -0.15) is 0 Å². The van der Waals surface area contributed by atoms with E-state index in [0.717, 1.165) is 0 Å². The fourth-order valence-corrected chi connectivity index (χ4v) is 2.25. The number of hydrogen-bond acceptors (Lipinski definition) is 2. The molecule has 1 fully saturated rings. The molecule has 3 N–H and O–H groups in total. The number of urea groups is 1. The van der Waals surface area contributed by atoms with Crippen molar-refractivity contribution < 1.29 is 4.79 Å². The van der Waals surface area contributed by atoms with Crippen LogP contribution in [-0.2, 0) is 0 Å². The predicted octanol–water partition coefficient (Wildman–Crippen LogP) is 1.41. The first-order valence-corrected chi connectivity index (χ1v) is 5.94. The molecule has 1 heterocycles. The van der Waals surface area contributed by atoms with Crippen molar-refractivity contribution >= 4 is 6.03 Å². The summed E-state index contributed by atoms with van der Waals surface area (Å²) in [5, 5.41) is 3.00. The summed E-state index contributed by atoms with van der Waals surface area (Å²) in [7, 11) is 0. The number of aryl methyl sites for hydroxylation is 1. The minimum atomic E-state index is -0.0180. The number of nitrogens with zero attached hydrogens (tertiary/aromatic N) is 1. The summed E-state index contributed by atoms with van der Waals surface area (Å²) in [6.45, 7) is 5.28. The molecule has 1 saturated heterocycles. The number of carbonyl (C=O) groups is 1. The molecule has 4 heteroatoms. The van der Waals surface area contributed by atoms with Gasteiger partial charge in [-0.05, 0) is 25.0 Å². The lowest BCUT2D eigenvalue weighted by Gasteiger charge is -2.17. The molecule has 1 aliphatic rings. The van der Waals surface area contributed by atoms with Crippen LogP contribution in [0.3, 0.4) is 0 Å². The zero-order valence-corrected chi connectivity index (χ0v) is 10.3. The van der Waals surface area contributed by atoms with E-state index >= 15 is 0 Å². The molecule has 0 radical (unpaired) electrons. The van der Waals surface area contributed by atoms with Gasteiger partial charge in [0.2, 0.25) is 0 Å². The molecule has 2 rings (SSSR count). The maximum absolute atomic E-state index is 11.8. The van der Waals surface area contributed by atoms with Crippen LogP contribution >= 0.6 is 0 Å². The van der Waals surface area contributed by atoms with E-state index in [2.05, 4.69) is 24.4 Å². The lowest BCUT2D eigenvalue weighted by atomic mass is 10.0. The second-order valence-corrected chi connectivity index (χ2v) is 4.74. The fourth-order valence-electron chi connectivity index (χ4n) is 2.25. The van der Waals surface area contributed by atoms with Gasteiger partial charge in [0.25, 0.3) is 0 Å². The first-order valence-electron chi connectivity index (χ1n) is 5.94. The van der Waals surface area contributed by atoms with Crippen molar-refractivity contribution in [2.24, 2.45) is 5.73 Å². The highest BCUT2D eigenvalue weighted by Crippen LogP contribution is 2.22. The number of nitrogens with one attached hydrogen (secondary N) is 1. The van der Waals surface area contributed by atoms with Gasteiger partial charge in [0.1, 0.15) is 0 Å². The Balaban J connectivity index is 2.11. The van der Waals surface area contributed by atoms with Gasteiger partial charge >= 0.3 is 6.03 Å². The van der Waals surface area contributed by atoms with Gasteiger partial charge in [0.05, 0.1) is 6.04 Å². The first-order chi connectivity index (χ1) is 8.08. The monoisotopic (exact) mass is 233 g/mol. The van der Waals surface area contributed by atoms with Crippen molar-refractivity contribution in [3.8, 4) is 0 Å². The molecule has 2 unspecified atom stereocenters. The summed E-state index contributed by atoms with van der Waals surface area (Å²) in [5.41, 5.74) is 8.12. The summed E-state index contributed by atoms with van der Waals surface area (Å²) in [4.78, 5) is 13.5. The van der Waals surface area contributed by atoms with Crippen molar-refractivity contribution in [3.05, 3.63) is 35.4 Å². The molecular formula is C13H19N3O. The third-order valence-corrected chi connectivity index (χ3v) is 3.06. The zero-order chi connectivity index (χ0) is 12.4. The lowest BCUT2D eigenvalue weighted by Crippen LogP contribution is -2.37. The third-order valence-electron chi connectivity index (χ3n) is 3.06. The average molecular weight is 233 g/mol. The highest BCUT2D eigenvalue weighted by atomic mass is 16.2. The van der Waals surface area contributed by atoms with Crippen LogP contribution in [0, 0.1) is 6.92 Å². The SMILES string of the molecule is Cc1ccccc1C1CN(CC(C)N)C(=O)N1. The molecule has 17 heavy (non-hydrogen) atoms. The minimum absolute atomic E-state index is 0.0105. The number of benzene rings is 1. The number of carbonyl (C=O) groups excluding carboxylic acids is 1. The highest BCUT2D eigenvalue weighted by molar-refractivity contribution is 5.77. The van der Waals surface area contributed by atoms with Crippen LogP contribution in [0.1, 0.15) is 24.1 Å². The van der Waals surface area contributed by atoms with Gasteiger partial charge in [0.15, 0.2) is 0 Å². The zero-order valence-electron chi connectivity index (χ0n) is 10.3. The number of hydrogen-bond donors (Lipinski definition) is 2. The van der Waals surface area contributed by atoms with Crippen LogP contribution in [0.25, 0.3) is 0 Å². The van der Waals surface area contributed by atoms with E-state index in [4.69, 9.17) is 5.73 Å². The number of amides is 2. The smallest absolute Gasteiger partial charge is 0.318 e. The van der Waals surface area contributed by atoms with E-state index in [1.54, 1.807) is 4.90 Å². The first kappa shape index (κ1) is 11.9. The lowest BCUT2D eigenvalue weighted by molar-refractivity contribution is 0.215. The Morgan fingerprint density at radius 2 is 2.24 bits per heavy atom. The van der Waals surface area contributed by atoms with E-state index in [9.17, 15) is 4.79 Å². The maximum Gasteiger partial charge on any atom is 0.318 e. The summed E-state index contributed by atoms with van der Waals surface area (Å²) in [5.74, 6) is 0. The van der Waals surface area contributed by atoms with Gasteiger partial charge in [-0.25, -0.2) is 4.79 Å². The van der Waals surface area contributed by atoms with Gasteiger partial charge in [-0.15, -0.1) is 0 Å². The van der Waals surface area contributed by atoms with Crippen molar-refractivity contribution in [1.29, 1.82) is 0 Å². The molecule has 1 aromatic carbocycles. The van der Waals surface area contributed by atoms with E-state index in [0.29, 0.717) is 13.1 Å². The molecular weight excluding hydrogens is 214 g/mol. The standard InChI is InChI=1S/C13H19N3O/c1-9-5-3-4-6-11(9)12-8-16(7-10(2)14)13(17)15-12/h3-6,10,12H,7-8,14H2,1-2H3,(H,15,17). The normalized spacial score (nSPS) is 21.5. The Morgan fingerprint density at radius 1 is 1.53 bits per heavy atom. The molecule has 4 nitrogen and oxygen atoms in total. The van der Waals surface area contributed by atoms with Gasteiger partial charge in [0, 0.05) is 19.1 Å². The van der Waals surface area contributed by atoms with Crippen molar-refractivity contribution in [1.82, 2.24) is 10.2 Å². The quantitative estimate of drug-likeness (QED) is 0.829. The van der Waals surface area contributed by atoms with Gasteiger partial charge < -0.3 is 16.0 Å². The largest absolute Gasteiger partial charge is 0.329 e. The molecule has 92 valence electrons. The maximum atomic E-state index is 11.8. The summed E-state index contributed by atoms with van der Waals surface area (Å²) >= 11 is 0. The number of rotatable bonds is 3. The van der Waals surface area contributed by atoms with Gasteiger partial charge in [-0.3, -0.25) is 0 Å². The molecule has 1 aliphatic heterocycles.